The number of nitrogens with one attached hydrogen (secondary N) is 1. The minimum absolute atomic E-state index is 0.0330. The lowest BCUT2D eigenvalue weighted by Crippen LogP contribution is -2.39. The molecule has 2 saturated heterocycles. The highest BCUT2D eigenvalue weighted by atomic mass is 35.5. The molecule has 12 heteroatoms. The van der Waals surface area contributed by atoms with E-state index in [4.69, 9.17) is 32.7 Å². The van der Waals surface area contributed by atoms with Gasteiger partial charge in [0.25, 0.3) is 15.9 Å². The molecule has 5 rings (SSSR count). The molecule has 1 N–H and O–H groups in total. The minimum atomic E-state index is -3.97. The van der Waals surface area contributed by atoms with Gasteiger partial charge in [-0.3, -0.25) is 14.4 Å². The number of rotatable bonds is 10. The molecule has 2 heterocycles. The smallest absolute Gasteiger partial charge is 0.262 e. The Bertz CT molecular complexity index is 1500. The summed E-state index contributed by atoms with van der Waals surface area (Å²) in [7, 11) is -3.97. The Morgan fingerprint density at radius 1 is 0.837 bits per heavy atom. The lowest BCUT2D eigenvalue weighted by atomic mass is 10.2. The van der Waals surface area contributed by atoms with Crippen molar-refractivity contribution in [2.75, 3.05) is 70.3 Å². The van der Waals surface area contributed by atoms with Gasteiger partial charge in [0.2, 0.25) is 0 Å². The number of amides is 1. The van der Waals surface area contributed by atoms with E-state index in [1.54, 1.807) is 54.6 Å². The van der Waals surface area contributed by atoms with Crippen molar-refractivity contribution >= 4 is 44.8 Å². The van der Waals surface area contributed by atoms with E-state index in [0.29, 0.717) is 34.4 Å². The SMILES string of the molecule is O=C(c1ccc(S(=O)(=O)Nc2ccccc2Oc2ccc(Cl)cc2Cl)cc1)N1CCCN(CCCN2CCOCC2)CC1. The van der Waals surface area contributed by atoms with Crippen molar-refractivity contribution in [2.24, 2.45) is 0 Å². The molecule has 9 nitrogen and oxygen atoms in total. The number of sulfonamides is 1. The Morgan fingerprint density at radius 3 is 2.30 bits per heavy atom. The summed E-state index contributed by atoms with van der Waals surface area (Å²) in [6.07, 6.45) is 2.01. The third-order valence-electron chi connectivity index (χ3n) is 7.58. The number of carbonyl (C=O) groups excluding carboxylic acids is 1. The van der Waals surface area contributed by atoms with Gasteiger partial charge in [-0.25, -0.2) is 8.42 Å². The number of benzene rings is 3. The third kappa shape index (κ3) is 8.62. The van der Waals surface area contributed by atoms with Gasteiger partial charge >= 0.3 is 0 Å². The molecule has 1 amide bonds. The van der Waals surface area contributed by atoms with Crippen molar-refractivity contribution in [1.29, 1.82) is 0 Å². The zero-order chi connectivity index (χ0) is 30.2. The van der Waals surface area contributed by atoms with E-state index in [-0.39, 0.29) is 22.2 Å². The highest BCUT2D eigenvalue weighted by molar-refractivity contribution is 7.92. The second-order valence-corrected chi connectivity index (χ2v) is 13.1. The number of anilines is 1. The van der Waals surface area contributed by atoms with Crippen LogP contribution < -0.4 is 9.46 Å². The zero-order valence-electron chi connectivity index (χ0n) is 23.9. The number of nitrogens with zero attached hydrogens (tertiary/aromatic N) is 3. The van der Waals surface area contributed by atoms with Gasteiger partial charge in [-0.15, -0.1) is 0 Å². The summed E-state index contributed by atoms with van der Waals surface area (Å²) >= 11 is 12.2. The standard InChI is InChI=1S/C31H36Cl2N4O5S/c32-25-9-12-29(27(33)23-25)42-30-6-2-1-5-28(30)34-43(39,40)26-10-7-24(8-11-26)31(38)37-16-4-15-35(17-18-37)13-3-14-36-19-21-41-22-20-36/h1-2,5-12,23,34H,3-4,13-22H2. The summed E-state index contributed by atoms with van der Waals surface area (Å²) in [5, 5.41) is 0.757. The van der Waals surface area contributed by atoms with E-state index in [2.05, 4.69) is 14.5 Å². The predicted octanol–water partition coefficient (Wildman–Crippen LogP) is 5.46. The first kappa shape index (κ1) is 31.6. The van der Waals surface area contributed by atoms with Crippen LogP contribution in [-0.4, -0.2) is 94.6 Å². The molecule has 3 aromatic carbocycles. The van der Waals surface area contributed by atoms with Crippen LogP contribution in [-0.2, 0) is 14.8 Å². The predicted molar refractivity (Wildman–Crippen MR) is 169 cm³/mol. The van der Waals surface area contributed by atoms with Gasteiger partial charge in [-0.2, -0.15) is 0 Å². The van der Waals surface area contributed by atoms with E-state index in [1.807, 2.05) is 4.90 Å². The Morgan fingerprint density at radius 2 is 1.56 bits per heavy atom. The Hall–Kier alpha value is -2.86. The van der Waals surface area contributed by atoms with Crippen LogP contribution in [0.25, 0.3) is 0 Å². The van der Waals surface area contributed by atoms with Crippen molar-refractivity contribution in [3.63, 3.8) is 0 Å². The van der Waals surface area contributed by atoms with Gasteiger partial charge in [0.1, 0.15) is 5.75 Å². The third-order valence-corrected chi connectivity index (χ3v) is 9.50. The van der Waals surface area contributed by atoms with Crippen molar-refractivity contribution < 1.29 is 22.7 Å². The molecule has 2 aliphatic heterocycles. The number of hydrogen-bond acceptors (Lipinski definition) is 7. The largest absolute Gasteiger partial charge is 0.454 e. The van der Waals surface area contributed by atoms with Crippen molar-refractivity contribution in [3.05, 3.63) is 82.3 Å². The highest BCUT2D eigenvalue weighted by Crippen LogP contribution is 2.35. The molecule has 2 aliphatic rings. The minimum Gasteiger partial charge on any atom is -0.454 e. The van der Waals surface area contributed by atoms with Crippen LogP contribution in [0.4, 0.5) is 5.69 Å². The second kappa shape index (κ2) is 14.7. The maximum atomic E-state index is 13.3. The first-order valence-corrected chi connectivity index (χ1v) is 16.7. The van der Waals surface area contributed by atoms with E-state index >= 15 is 0 Å². The first-order valence-electron chi connectivity index (χ1n) is 14.4. The maximum absolute atomic E-state index is 13.3. The van der Waals surface area contributed by atoms with E-state index < -0.39 is 10.0 Å². The molecule has 0 bridgehead atoms. The molecule has 0 saturated carbocycles. The fraction of sp³-hybridized carbons (Fsp3) is 0.387. The molecule has 0 radical (unpaired) electrons. The molecule has 0 atom stereocenters. The number of morpholine rings is 1. The fourth-order valence-corrected chi connectivity index (χ4v) is 6.74. The van der Waals surface area contributed by atoms with Crippen molar-refractivity contribution in [2.45, 2.75) is 17.7 Å². The summed E-state index contributed by atoms with van der Waals surface area (Å²) in [6, 6.07) is 17.5. The van der Waals surface area contributed by atoms with Crippen LogP contribution in [0.1, 0.15) is 23.2 Å². The highest BCUT2D eigenvalue weighted by Gasteiger charge is 2.22. The Kier molecular flexibility index (Phi) is 10.8. The molecular formula is C31H36Cl2N4O5S. The summed E-state index contributed by atoms with van der Waals surface area (Å²) in [5.41, 5.74) is 0.702. The van der Waals surface area contributed by atoms with Crippen LogP contribution in [0.15, 0.2) is 71.6 Å². The van der Waals surface area contributed by atoms with Gasteiger partial charge < -0.3 is 19.3 Å². The van der Waals surface area contributed by atoms with Crippen LogP contribution in [0, 0.1) is 0 Å². The molecule has 0 spiro atoms. The average Bonchev–Trinajstić information content (AvgIpc) is 3.25. The zero-order valence-corrected chi connectivity index (χ0v) is 26.2. The Balaban J connectivity index is 1.17. The Labute approximate surface area is 263 Å². The van der Waals surface area contributed by atoms with Crippen LogP contribution in [0.2, 0.25) is 10.0 Å². The molecule has 0 aliphatic carbocycles. The normalized spacial score (nSPS) is 16.9. The number of para-hydroxylation sites is 2. The summed E-state index contributed by atoms with van der Waals surface area (Å²) < 4.78 is 40.4. The van der Waals surface area contributed by atoms with E-state index in [0.717, 1.165) is 65.3 Å². The first-order chi connectivity index (χ1) is 20.8. The van der Waals surface area contributed by atoms with Gasteiger partial charge in [0, 0.05) is 43.3 Å². The topological polar surface area (TPSA) is 91.4 Å². The number of halogens is 2. The molecule has 0 unspecified atom stereocenters. The monoisotopic (exact) mass is 646 g/mol. The molecule has 0 aromatic heterocycles. The second-order valence-electron chi connectivity index (χ2n) is 10.6. The maximum Gasteiger partial charge on any atom is 0.262 e. The van der Waals surface area contributed by atoms with Crippen molar-refractivity contribution in [1.82, 2.24) is 14.7 Å². The van der Waals surface area contributed by atoms with Gasteiger partial charge in [-0.05, 0) is 87.1 Å². The average molecular weight is 648 g/mol. The molecule has 3 aromatic rings. The number of ether oxygens (including phenoxy) is 2. The number of hydrogen-bond donors (Lipinski definition) is 1. The van der Waals surface area contributed by atoms with Crippen LogP contribution in [0.5, 0.6) is 11.5 Å². The van der Waals surface area contributed by atoms with Crippen molar-refractivity contribution in [3.8, 4) is 11.5 Å². The fourth-order valence-electron chi connectivity index (χ4n) is 5.22. The summed E-state index contributed by atoms with van der Waals surface area (Å²) in [4.78, 5) is 20.1. The van der Waals surface area contributed by atoms with Crippen LogP contribution >= 0.6 is 23.2 Å². The molecule has 230 valence electrons. The van der Waals surface area contributed by atoms with Gasteiger partial charge in [0.15, 0.2) is 5.75 Å². The van der Waals surface area contributed by atoms with E-state index in [1.165, 1.54) is 12.1 Å². The van der Waals surface area contributed by atoms with Gasteiger partial charge in [0.05, 0.1) is 28.8 Å². The number of carbonyl (C=O) groups is 1. The summed E-state index contributed by atoms with van der Waals surface area (Å²) in [6.45, 7) is 8.82. The lowest BCUT2D eigenvalue weighted by Gasteiger charge is -2.28. The van der Waals surface area contributed by atoms with E-state index in [9.17, 15) is 13.2 Å². The molecular weight excluding hydrogens is 611 g/mol. The molecule has 43 heavy (non-hydrogen) atoms. The molecule has 2 fully saturated rings. The van der Waals surface area contributed by atoms with Crippen LogP contribution in [0.3, 0.4) is 0 Å². The summed E-state index contributed by atoms with van der Waals surface area (Å²) in [5.74, 6) is 0.522. The lowest BCUT2D eigenvalue weighted by molar-refractivity contribution is 0.0361. The quantitative estimate of drug-likeness (QED) is 0.313. The van der Waals surface area contributed by atoms with Gasteiger partial charge in [-0.1, -0.05) is 35.3 Å².